The molecule has 0 spiro atoms. The number of aryl methyl sites for hydroxylation is 2. The van der Waals surface area contributed by atoms with Gasteiger partial charge in [0, 0.05) is 11.3 Å². The van der Waals surface area contributed by atoms with Gasteiger partial charge in [-0.1, -0.05) is 31.2 Å². The van der Waals surface area contributed by atoms with E-state index in [1.807, 2.05) is 32.0 Å². The average Bonchev–Trinajstić information content (AvgIpc) is 2.48. The van der Waals surface area contributed by atoms with Crippen LogP contribution in [0.2, 0.25) is 0 Å². The minimum Gasteiger partial charge on any atom is -0.321 e. The number of hydrogen-bond acceptors (Lipinski definition) is 1. The second kappa shape index (κ2) is 6.22. The van der Waals surface area contributed by atoms with Crippen LogP contribution in [0.4, 0.5) is 18.9 Å². The Hall–Kier alpha value is -2.30. The maximum Gasteiger partial charge on any atom is 0.416 e. The number of nitrogens with one attached hydrogen (secondary N) is 1. The maximum atomic E-state index is 12.7. The number of amides is 1. The molecule has 2 rings (SSSR count). The van der Waals surface area contributed by atoms with Gasteiger partial charge in [0.05, 0.1) is 5.56 Å². The molecule has 0 radical (unpaired) electrons. The minimum atomic E-state index is -4.46. The van der Waals surface area contributed by atoms with Gasteiger partial charge in [0.1, 0.15) is 0 Å². The van der Waals surface area contributed by atoms with Gasteiger partial charge >= 0.3 is 6.18 Å². The van der Waals surface area contributed by atoms with Crippen molar-refractivity contribution in [1.29, 1.82) is 0 Å². The number of hydrogen-bond donors (Lipinski definition) is 1. The Bertz CT molecular complexity index is 693. The van der Waals surface area contributed by atoms with Crippen LogP contribution in [0.3, 0.4) is 0 Å². The van der Waals surface area contributed by atoms with Gasteiger partial charge in [-0.25, -0.2) is 0 Å². The molecule has 0 aliphatic carbocycles. The van der Waals surface area contributed by atoms with E-state index in [0.29, 0.717) is 5.69 Å². The quantitative estimate of drug-likeness (QED) is 0.864. The lowest BCUT2D eigenvalue weighted by Crippen LogP contribution is -2.15. The zero-order valence-corrected chi connectivity index (χ0v) is 12.3. The summed E-state index contributed by atoms with van der Waals surface area (Å²) in [6.07, 6.45) is -3.74. The highest BCUT2D eigenvalue weighted by Gasteiger charge is 2.30. The molecule has 2 nitrogen and oxygen atoms in total. The van der Waals surface area contributed by atoms with Gasteiger partial charge in [-0.15, -0.1) is 0 Å². The molecule has 1 amide bonds. The zero-order chi connectivity index (χ0) is 16.3. The van der Waals surface area contributed by atoms with Crippen LogP contribution in [0.25, 0.3) is 0 Å². The van der Waals surface area contributed by atoms with Crippen LogP contribution < -0.4 is 5.32 Å². The SMILES string of the molecule is CCc1cccc(C)c1NC(=O)c1cccc(C(F)(F)F)c1. The summed E-state index contributed by atoms with van der Waals surface area (Å²) in [4.78, 5) is 12.2. The van der Waals surface area contributed by atoms with Gasteiger partial charge in [0.2, 0.25) is 0 Å². The highest BCUT2D eigenvalue weighted by atomic mass is 19.4. The van der Waals surface area contributed by atoms with Crippen LogP contribution in [-0.4, -0.2) is 5.91 Å². The monoisotopic (exact) mass is 307 g/mol. The van der Waals surface area contributed by atoms with Crippen molar-refractivity contribution >= 4 is 11.6 Å². The fourth-order valence-corrected chi connectivity index (χ4v) is 2.22. The molecule has 0 aliphatic heterocycles. The Morgan fingerprint density at radius 2 is 1.82 bits per heavy atom. The number of benzene rings is 2. The van der Waals surface area contributed by atoms with Crippen LogP contribution in [-0.2, 0) is 12.6 Å². The standard InChI is InChI=1S/C17H16F3NO/c1-3-12-7-4-6-11(2)15(12)21-16(22)13-8-5-9-14(10-13)17(18,19)20/h4-10H,3H2,1-2H3,(H,21,22). The number of para-hydroxylation sites is 1. The van der Waals surface area contributed by atoms with Crippen molar-refractivity contribution in [3.8, 4) is 0 Å². The third-order valence-electron chi connectivity index (χ3n) is 3.43. The average molecular weight is 307 g/mol. The van der Waals surface area contributed by atoms with E-state index < -0.39 is 17.6 Å². The molecule has 0 heterocycles. The fourth-order valence-electron chi connectivity index (χ4n) is 2.22. The Morgan fingerprint density at radius 1 is 1.14 bits per heavy atom. The second-order valence-electron chi connectivity index (χ2n) is 5.00. The molecule has 0 aliphatic rings. The first-order chi connectivity index (χ1) is 10.3. The van der Waals surface area contributed by atoms with Crippen LogP contribution in [0.15, 0.2) is 42.5 Å². The lowest BCUT2D eigenvalue weighted by molar-refractivity contribution is -0.137. The summed E-state index contributed by atoms with van der Waals surface area (Å²) in [5.74, 6) is -0.546. The number of alkyl halides is 3. The number of rotatable bonds is 3. The van der Waals surface area contributed by atoms with E-state index >= 15 is 0 Å². The number of carbonyl (C=O) groups excluding carboxylic acids is 1. The second-order valence-corrected chi connectivity index (χ2v) is 5.00. The molecule has 5 heteroatoms. The summed E-state index contributed by atoms with van der Waals surface area (Å²) < 4.78 is 38.1. The van der Waals surface area contributed by atoms with Crippen molar-refractivity contribution in [3.05, 3.63) is 64.7 Å². The van der Waals surface area contributed by atoms with E-state index in [4.69, 9.17) is 0 Å². The van der Waals surface area contributed by atoms with Crippen molar-refractivity contribution in [2.45, 2.75) is 26.4 Å². The van der Waals surface area contributed by atoms with Gasteiger partial charge in [0.15, 0.2) is 0 Å². The van der Waals surface area contributed by atoms with Crippen molar-refractivity contribution in [1.82, 2.24) is 0 Å². The van der Waals surface area contributed by atoms with Crippen LogP contribution in [0.1, 0.15) is 34.0 Å². The van der Waals surface area contributed by atoms with Crippen molar-refractivity contribution < 1.29 is 18.0 Å². The lowest BCUT2D eigenvalue weighted by atomic mass is 10.0. The van der Waals surface area contributed by atoms with Gasteiger partial charge in [-0.3, -0.25) is 4.79 Å². The summed E-state index contributed by atoms with van der Waals surface area (Å²) in [7, 11) is 0. The lowest BCUT2D eigenvalue weighted by Gasteiger charge is -2.14. The first kappa shape index (κ1) is 16.1. The molecule has 0 atom stereocenters. The Kier molecular flexibility index (Phi) is 4.54. The molecular formula is C17H16F3NO. The van der Waals surface area contributed by atoms with Gasteiger partial charge < -0.3 is 5.32 Å². The molecule has 0 saturated carbocycles. The fraction of sp³-hybridized carbons (Fsp3) is 0.235. The van der Waals surface area contributed by atoms with Crippen molar-refractivity contribution in [3.63, 3.8) is 0 Å². The van der Waals surface area contributed by atoms with Gasteiger partial charge in [-0.2, -0.15) is 13.2 Å². The smallest absolute Gasteiger partial charge is 0.321 e. The molecule has 0 aromatic heterocycles. The highest BCUT2D eigenvalue weighted by molar-refractivity contribution is 6.05. The summed E-state index contributed by atoms with van der Waals surface area (Å²) in [6.45, 7) is 3.80. The molecule has 0 bridgehead atoms. The Labute approximate surface area is 127 Å². The normalized spacial score (nSPS) is 11.3. The number of anilines is 1. The predicted molar refractivity (Wildman–Crippen MR) is 80.0 cm³/mol. The largest absolute Gasteiger partial charge is 0.416 e. The molecule has 2 aromatic carbocycles. The first-order valence-electron chi connectivity index (χ1n) is 6.90. The Morgan fingerprint density at radius 3 is 2.45 bits per heavy atom. The maximum absolute atomic E-state index is 12.7. The topological polar surface area (TPSA) is 29.1 Å². The number of halogens is 3. The molecule has 116 valence electrons. The van der Waals surface area contributed by atoms with E-state index in [9.17, 15) is 18.0 Å². The summed E-state index contributed by atoms with van der Waals surface area (Å²) in [6, 6.07) is 10.0. The summed E-state index contributed by atoms with van der Waals surface area (Å²) >= 11 is 0. The van der Waals surface area contributed by atoms with Crippen LogP contribution in [0, 0.1) is 6.92 Å². The van der Waals surface area contributed by atoms with Gasteiger partial charge in [0.25, 0.3) is 5.91 Å². The first-order valence-corrected chi connectivity index (χ1v) is 6.90. The zero-order valence-electron chi connectivity index (χ0n) is 12.3. The van der Waals surface area contributed by atoms with Crippen LogP contribution in [0.5, 0.6) is 0 Å². The molecule has 0 saturated heterocycles. The molecule has 2 aromatic rings. The van der Waals surface area contributed by atoms with Crippen LogP contribution >= 0.6 is 0 Å². The van der Waals surface area contributed by atoms with E-state index in [2.05, 4.69) is 5.32 Å². The Balaban J connectivity index is 2.31. The van der Waals surface area contributed by atoms with Gasteiger partial charge in [-0.05, 0) is 42.7 Å². The van der Waals surface area contributed by atoms with Crippen molar-refractivity contribution in [2.24, 2.45) is 0 Å². The minimum absolute atomic E-state index is 0.0138. The summed E-state index contributed by atoms with van der Waals surface area (Å²) in [5, 5.41) is 2.72. The van der Waals surface area contributed by atoms with E-state index in [0.717, 1.165) is 29.7 Å². The molecular weight excluding hydrogens is 291 g/mol. The summed E-state index contributed by atoms with van der Waals surface area (Å²) in [5.41, 5.74) is 1.63. The van der Waals surface area contributed by atoms with E-state index in [1.54, 1.807) is 0 Å². The molecule has 0 fully saturated rings. The molecule has 1 N–H and O–H groups in total. The third kappa shape index (κ3) is 3.47. The van der Waals surface area contributed by atoms with E-state index in [-0.39, 0.29) is 5.56 Å². The predicted octanol–water partition coefficient (Wildman–Crippen LogP) is 4.83. The molecule has 0 unspecified atom stereocenters. The third-order valence-corrected chi connectivity index (χ3v) is 3.43. The van der Waals surface area contributed by atoms with Crippen molar-refractivity contribution in [2.75, 3.05) is 5.32 Å². The van der Waals surface area contributed by atoms with E-state index in [1.165, 1.54) is 12.1 Å². The number of carbonyl (C=O) groups is 1. The molecule has 22 heavy (non-hydrogen) atoms. The highest BCUT2D eigenvalue weighted by Crippen LogP contribution is 2.30.